The van der Waals surface area contributed by atoms with E-state index in [4.69, 9.17) is 16.9 Å². The van der Waals surface area contributed by atoms with E-state index < -0.39 is 5.72 Å². The fourth-order valence-corrected chi connectivity index (χ4v) is 4.22. The van der Waals surface area contributed by atoms with E-state index in [9.17, 15) is 5.11 Å². The summed E-state index contributed by atoms with van der Waals surface area (Å²) in [7, 11) is 0. The highest BCUT2D eigenvalue weighted by molar-refractivity contribution is 6.32. The molecule has 2 N–H and O–H groups in total. The largest absolute Gasteiger partial charge is 0.372 e. The lowest BCUT2D eigenvalue weighted by Crippen LogP contribution is -2.40. The number of aryl methyl sites for hydroxylation is 1. The summed E-state index contributed by atoms with van der Waals surface area (Å²) in [5, 5.41) is 22.0. The van der Waals surface area contributed by atoms with Crippen molar-refractivity contribution in [2.24, 2.45) is 0 Å². The molecule has 1 atom stereocenters. The Balaban J connectivity index is 1.79. The molecule has 0 amide bonds. The summed E-state index contributed by atoms with van der Waals surface area (Å²) < 4.78 is 0. The number of aromatic nitrogens is 1. The third-order valence-corrected chi connectivity index (χ3v) is 5.44. The zero-order valence-corrected chi connectivity index (χ0v) is 14.9. The number of hydrogen-bond donors (Lipinski definition) is 2. The van der Waals surface area contributed by atoms with Crippen LogP contribution in [-0.2, 0) is 18.8 Å². The van der Waals surface area contributed by atoms with E-state index in [1.807, 2.05) is 48.4 Å². The number of benzene rings is 2. The van der Waals surface area contributed by atoms with Crippen LogP contribution in [0.15, 0.2) is 36.5 Å². The molecule has 0 fully saturated rings. The average Bonchev–Trinajstić information content (AvgIpc) is 3.20. The van der Waals surface area contributed by atoms with Crippen molar-refractivity contribution in [2.45, 2.75) is 32.7 Å². The normalized spacial score (nSPS) is 16.6. The van der Waals surface area contributed by atoms with E-state index in [0.717, 1.165) is 27.6 Å². The number of nitriles is 1. The van der Waals surface area contributed by atoms with Crippen LogP contribution >= 0.6 is 11.6 Å². The second kappa shape index (κ2) is 5.60. The monoisotopic (exact) mass is 351 g/mol. The third kappa shape index (κ3) is 2.44. The standard InChI is InChI=1S/C20H18ClN3O/c1-12-7-17(21)18(16-5-6-23-19(12)16)20(2,25)24-10-14-4-3-13(9-22)8-15(14)11-24/h3-8,23,25H,10-11H2,1-2H3. The highest BCUT2D eigenvalue weighted by Crippen LogP contribution is 2.41. The molecule has 0 bridgehead atoms. The van der Waals surface area contributed by atoms with Gasteiger partial charge in [-0.15, -0.1) is 0 Å². The molecule has 2 aromatic carbocycles. The fourth-order valence-electron chi connectivity index (χ4n) is 3.78. The Morgan fingerprint density at radius 3 is 2.76 bits per heavy atom. The maximum absolute atomic E-state index is 11.4. The van der Waals surface area contributed by atoms with Crippen molar-refractivity contribution in [2.75, 3.05) is 0 Å². The van der Waals surface area contributed by atoms with E-state index in [-0.39, 0.29) is 0 Å². The van der Waals surface area contributed by atoms with Gasteiger partial charge in [0.2, 0.25) is 0 Å². The smallest absolute Gasteiger partial charge is 0.144 e. The maximum atomic E-state index is 11.4. The van der Waals surface area contributed by atoms with Crippen molar-refractivity contribution < 1.29 is 5.11 Å². The molecule has 0 spiro atoms. The number of nitrogens with one attached hydrogen (secondary N) is 1. The van der Waals surface area contributed by atoms with Crippen molar-refractivity contribution in [1.82, 2.24) is 9.88 Å². The first kappa shape index (κ1) is 16.2. The number of rotatable bonds is 2. The zero-order valence-electron chi connectivity index (χ0n) is 14.1. The Morgan fingerprint density at radius 1 is 1.24 bits per heavy atom. The molecular formula is C20H18ClN3O. The molecule has 25 heavy (non-hydrogen) atoms. The lowest BCUT2D eigenvalue weighted by atomic mass is 9.96. The summed E-state index contributed by atoms with van der Waals surface area (Å²) >= 11 is 6.54. The first-order valence-electron chi connectivity index (χ1n) is 8.18. The van der Waals surface area contributed by atoms with Crippen LogP contribution in [0.5, 0.6) is 0 Å². The van der Waals surface area contributed by atoms with Crippen LogP contribution in [-0.4, -0.2) is 15.0 Å². The van der Waals surface area contributed by atoms with Gasteiger partial charge in [0.1, 0.15) is 5.72 Å². The minimum Gasteiger partial charge on any atom is -0.372 e. The number of halogens is 1. The van der Waals surface area contributed by atoms with Crippen LogP contribution in [0.25, 0.3) is 10.9 Å². The summed E-state index contributed by atoms with van der Waals surface area (Å²) in [5.74, 6) is 0. The molecule has 0 saturated heterocycles. The molecule has 4 rings (SSSR count). The molecule has 2 heterocycles. The van der Waals surface area contributed by atoms with Crippen LogP contribution < -0.4 is 0 Å². The molecule has 0 aliphatic carbocycles. The molecule has 3 aromatic rings. The van der Waals surface area contributed by atoms with Gasteiger partial charge < -0.3 is 10.1 Å². The Labute approximate surface area is 151 Å². The zero-order chi connectivity index (χ0) is 17.8. The number of aromatic amines is 1. The van der Waals surface area contributed by atoms with Gasteiger partial charge in [-0.3, -0.25) is 4.90 Å². The Kier molecular flexibility index (Phi) is 3.62. The molecule has 1 aromatic heterocycles. The molecule has 0 saturated carbocycles. The average molecular weight is 352 g/mol. The van der Waals surface area contributed by atoms with E-state index in [1.165, 1.54) is 0 Å². The second-order valence-electron chi connectivity index (χ2n) is 6.79. The van der Waals surface area contributed by atoms with Gasteiger partial charge in [0, 0.05) is 40.8 Å². The molecular weight excluding hydrogens is 334 g/mol. The number of aliphatic hydroxyl groups is 1. The highest BCUT2D eigenvalue weighted by atomic mass is 35.5. The predicted octanol–water partition coefficient (Wildman–Crippen LogP) is 4.18. The topological polar surface area (TPSA) is 63.0 Å². The van der Waals surface area contributed by atoms with Gasteiger partial charge in [0.05, 0.1) is 11.6 Å². The van der Waals surface area contributed by atoms with Gasteiger partial charge in [0.15, 0.2) is 0 Å². The molecule has 5 heteroatoms. The highest BCUT2D eigenvalue weighted by Gasteiger charge is 2.38. The lowest BCUT2D eigenvalue weighted by Gasteiger charge is -2.35. The third-order valence-electron chi connectivity index (χ3n) is 5.14. The van der Waals surface area contributed by atoms with Crippen LogP contribution in [0.1, 0.15) is 34.7 Å². The van der Waals surface area contributed by atoms with Gasteiger partial charge >= 0.3 is 0 Å². The molecule has 126 valence electrons. The number of H-pyrrole nitrogens is 1. The fraction of sp³-hybridized carbons (Fsp3) is 0.250. The number of nitrogens with zero attached hydrogens (tertiary/aromatic N) is 2. The first-order valence-corrected chi connectivity index (χ1v) is 8.55. The van der Waals surface area contributed by atoms with Crippen molar-refractivity contribution in [1.29, 1.82) is 5.26 Å². The van der Waals surface area contributed by atoms with Crippen molar-refractivity contribution >= 4 is 22.5 Å². The summed E-state index contributed by atoms with van der Waals surface area (Å²) in [5.41, 5.74) is 4.37. The molecule has 4 nitrogen and oxygen atoms in total. The Hall–Kier alpha value is -2.32. The van der Waals surface area contributed by atoms with E-state index >= 15 is 0 Å². The Bertz CT molecular complexity index is 1030. The molecule has 0 radical (unpaired) electrons. The summed E-state index contributed by atoms with van der Waals surface area (Å²) in [4.78, 5) is 5.21. The van der Waals surface area contributed by atoms with E-state index in [0.29, 0.717) is 29.2 Å². The second-order valence-corrected chi connectivity index (χ2v) is 7.20. The first-order chi connectivity index (χ1) is 11.9. The summed E-state index contributed by atoms with van der Waals surface area (Å²) in [6.45, 7) is 4.98. The van der Waals surface area contributed by atoms with Gasteiger partial charge in [-0.1, -0.05) is 17.7 Å². The van der Waals surface area contributed by atoms with Gasteiger partial charge in [-0.25, -0.2) is 0 Å². The van der Waals surface area contributed by atoms with Crippen LogP contribution in [0.3, 0.4) is 0 Å². The van der Waals surface area contributed by atoms with E-state index in [2.05, 4.69) is 11.1 Å². The summed E-state index contributed by atoms with van der Waals surface area (Å²) in [6.07, 6.45) is 1.87. The summed E-state index contributed by atoms with van der Waals surface area (Å²) in [6, 6.07) is 11.7. The molecule has 1 unspecified atom stereocenters. The van der Waals surface area contributed by atoms with Gasteiger partial charge in [0.25, 0.3) is 0 Å². The minimum atomic E-state index is -1.23. The molecule has 1 aliphatic rings. The number of fused-ring (bicyclic) bond motifs is 2. The lowest BCUT2D eigenvalue weighted by molar-refractivity contribution is -0.104. The number of hydrogen-bond acceptors (Lipinski definition) is 3. The van der Waals surface area contributed by atoms with Crippen LogP contribution in [0.4, 0.5) is 0 Å². The van der Waals surface area contributed by atoms with Crippen molar-refractivity contribution in [3.63, 3.8) is 0 Å². The maximum Gasteiger partial charge on any atom is 0.144 e. The van der Waals surface area contributed by atoms with Crippen LogP contribution in [0, 0.1) is 18.3 Å². The van der Waals surface area contributed by atoms with Gasteiger partial charge in [-0.2, -0.15) is 5.26 Å². The van der Waals surface area contributed by atoms with Gasteiger partial charge in [-0.05, 0) is 54.8 Å². The van der Waals surface area contributed by atoms with Crippen molar-refractivity contribution in [3.8, 4) is 6.07 Å². The predicted molar refractivity (Wildman–Crippen MR) is 98.0 cm³/mol. The van der Waals surface area contributed by atoms with E-state index in [1.54, 1.807) is 6.92 Å². The van der Waals surface area contributed by atoms with Crippen LogP contribution in [0.2, 0.25) is 5.02 Å². The molecule has 1 aliphatic heterocycles. The minimum absolute atomic E-state index is 0.559. The van der Waals surface area contributed by atoms with Crippen molar-refractivity contribution in [3.05, 3.63) is 69.4 Å². The SMILES string of the molecule is Cc1cc(Cl)c(C(C)(O)N2Cc3ccc(C#N)cc3C2)c2cc[nH]c12. The Morgan fingerprint density at radius 2 is 2.00 bits per heavy atom. The quantitative estimate of drug-likeness (QED) is 0.728.